The van der Waals surface area contributed by atoms with Gasteiger partial charge in [0.15, 0.2) is 5.03 Å². The average Bonchev–Trinajstić information content (AvgIpc) is 2.85. The lowest BCUT2D eigenvalue weighted by molar-refractivity contribution is 0.279. The molecule has 118 valence electrons. The molecule has 8 nitrogen and oxygen atoms in total. The molecule has 0 amide bonds. The van der Waals surface area contributed by atoms with Gasteiger partial charge in [0.1, 0.15) is 5.82 Å². The monoisotopic (exact) mass is 322 g/mol. The van der Waals surface area contributed by atoms with Crippen LogP contribution in [0.4, 0.5) is 5.95 Å². The van der Waals surface area contributed by atoms with Gasteiger partial charge in [-0.1, -0.05) is 0 Å². The summed E-state index contributed by atoms with van der Waals surface area (Å²) >= 11 is 0. The number of aromatic nitrogens is 4. The maximum Gasteiger partial charge on any atom is 0.262 e. The van der Waals surface area contributed by atoms with Crippen molar-refractivity contribution in [2.24, 2.45) is 0 Å². The van der Waals surface area contributed by atoms with Crippen molar-refractivity contribution in [3.63, 3.8) is 0 Å². The molecule has 0 spiro atoms. The molecule has 3 rings (SSSR count). The van der Waals surface area contributed by atoms with Crippen molar-refractivity contribution in [3.05, 3.63) is 30.5 Å². The highest BCUT2D eigenvalue weighted by Gasteiger charge is 2.38. The van der Waals surface area contributed by atoms with Crippen LogP contribution in [0.3, 0.4) is 0 Å². The van der Waals surface area contributed by atoms with E-state index in [9.17, 15) is 8.42 Å². The van der Waals surface area contributed by atoms with Crippen molar-refractivity contribution in [3.8, 4) is 0 Å². The Hall–Kier alpha value is -2.00. The van der Waals surface area contributed by atoms with Gasteiger partial charge in [0.05, 0.1) is 6.04 Å². The Bertz CT molecular complexity index is 752. The molecule has 1 aliphatic heterocycles. The van der Waals surface area contributed by atoms with E-state index in [0.717, 1.165) is 0 Å². The normalized spacial score (nSPS) is 16.5. The largest absolute Gasteiger partial charge is 0.349 e. The van der Waals surface area contributed by atoms with Crippen molar-refractivity contribution >= 4 is 16.0 Å². The van der Waals surface area contributed by atoms with Crippen LogP contribution in [0, 0.1) is 6.92 Å². The predicted octanol–water partition coefficient (Wildman–Crippen LogP) is 0.486. The van der Waals surface area contributed by atoms with Crippen molar-refractivity contribution < 1.29 is 8.42 Å². The molecule has 1 aliphatic rings. The molecule has 9 heteroatoms. The van der Waals surface area contributed by atoms with E-state index in [1.807, 2.05) is 11.5 Å². The standard InChI is InChI=1S/C13H18N6O2S/c1-3-18-9-12(16-10(18)2)22(20,21)19-7-11(8-19)17-13-14-5-4-6-15-13/h4-6,9,11H,3,7-8H2,1-2H3,(H,14,15,17). The first-order chi connectivity index (χ1) is 10.5. The molecule has 0 bridgehead atoms. The van der Waals surface area contributed by atoms with Gasteiger partial charge in [0.25, 0.3) is 10.0 Å². The SMILES string of the molecule is CCn1cc(S(=O)(=O)N2CC(Nc3ncccn3)C2)nc1C. The molecule has 1 saturated heterocycles. The maximum absolute atomic E-state index is 12.5. The molecular formula is C13H18N6O2S. The Balaban J connectivity index is 1.66. The van der Waals surface area contributed by atoms with E-state index in [0.29, 0.717) is 31.4 Å². The first kappa shape index (κ1) is 14.9. The molecule has 1 fully saturated rings. The lowest BCUT2D eigenvalue weighted by Crippen LogP contribution is -2.57. The fraction of sp³-hybridized carbons (Fsp3) is 0.462. The van der Waals surface area contributed by atoms with Gasteiger partial charge in [0, 0.05) is 38.2 Å². The molecule has 2 aromatic heterocycles. The summed E-state index contributed by atoms with van der Waals surface area (Å²) < 4.78 is 28.2. The fourth-order valence-electron chi connectivity index (χ4n) is 2.34. The second kappa shape index (κ2) is 5.65. The number of nitrogens with zero attached hydrogens (tertiary/aromatic N) is 5. The highest BCUT2D eigenvalue weighted by molar-refractivity contribution is 7.89. The molecule has 3 heterocycles. The number of hydrogen-bond acceptors (Lipinski definition) is 6. The zero-order valence-electron chi connectivity index (χ0n) is 12.5. The molecule has 22 heavy (non-hydrogen) atoms. The summed E-state index contributed by atoms with van der Waals surface area (Å²) in [6, 6.07) is 1.75. The van der Waals surface area contributed by atoms with Crippen molar-refractivity contribution in [1.82, 2.24) is 23.8 Å². The highest BCUT2D eigenvalue weighted by Crippen LogP contribution is 2.22. The third-order valence-corrected chi connectivity index (χ3v) is 5.35. The number of aryl methyl sites for hydroxylation is 2. The van der Waals surface area contributed by atoms with Crippen LogP contribution in [-0.2, 0) is 16.6 Å². The molecule has 1 N–H and O–H groups in total. The van der Waals surface area contributed by atoms with Crippen LogP contribution in [0.1, 0.15) is 12.7 Å². The minimum Gasteiger partial charge on any atom is -0.349 e. The average molecular weight is 322 g/mol. The first-order valence-corrected chi connectivity index (χ1v) is 8.52. The Labute approximate surface area is 129 Å². The number of rotatable bonds is 5. The van der Waals surface area contributed by atoms with Crippen molar-refractivity contribution in [1.29, 1.82) is 0 Å². The van der Waals surface area contributed by atoms with E-state index in [2.05, 4.69) is 20.3 Å². The Morgan fingerprint density at radius 1 is 1.32 bits per heavy atom. The van der Waals surface area contributed by atoms with E-state index < -0.39 is 10.0 Å². The van der Waals surface area contributed by atoms with Crippen LogP contribution in [0.5, 0.6) is 0 Å². The van der Waals surface area contributed by atoms with E-state index in [4.69, 9.17) is 0 Å². The Kier molecular flexibility index (Phi) is 3.83. The van der Waals surface area contributed by atoms with Crippen LogP contribution < -0.4 is 5.32 Å². The number of nitrogens with one attached hydrogen (secondary N) is 1. The van der Waals surface area contributed by atoms with Crippen LogP contribution in [0.25, 0.3) is 0 Å². The Morgan fingerprint density at radius 3 is 2.59 bits per heavy atom. The molecule has 2 aromatic rings. The van der Waals surface area contributed by atoms with Gasteiger partial charge >= 0.3 is 0 Å². The van der Waals surface area contributed by atoms with Gasteiger partial charge in [0.2, 0.25) is 5.95 Å². The van der Waals surface area contributed by atoms with E-state index in [1.165, 1.54) is 4.31 Å². The number of sulfonamides is 1. The summed E-state index contributed by atoms with van der Waals surface area (Å²) in [6.45, 7) is 5.23. The van der Waals surface area contributed by atoms with Gasteiger partial charge < -0.3 is 9.88 Å². The highest BCUT2D eigenvalue weighted by atomic mass is 32.2. The van der Waals surface area contributed by atoms with Crippen LogP contribution >= 0.6 is 0 Å². The van der Waals surface area contributed by atoms with Crippen LogP contribution in [0.2, 0.25) is 0 Å². The van der Waals surface area contributed by atoms with Gasteiger partial charge in [-0.2, -0.15) is 4.31 Å². The Morgan fingerprint density at radius 2 is 2.00 bits per heavy atom. The zero-order chi connectivity index (χ0) is 15.7. The van der Waals surface area contributed by atoms with Gasteiger partial charge in [-0.25, -0.2) is 23.4 Å². The number of anilines is 1. The first-order valence-electron chi connectivity index (χ1n) is 7.08. The van der Waals surface area contributed by atoms with Gasteiger partial charge in [-0.05, 0) is 19.9 Å². The topological polar surface area (TPSA) is 93.0 Å². The molecule has 0 unspecified atom stereocenters. The summed E-state index contributed by atoms with van der Waals surface area (Å²) in [5.74, 6) is 1.21. The fourth-order valence-corrected chi connectivity index (χ4v) is 3.86. The van der Waals surface area contributed by atoms with Crippen molar-refractivity contribution in [2.75, 3.05) is 18.4 Å². The molecule has 0 atom stereocenters. The van der Waals surface area contributed by atoms with Crippen LogP contribution in [0.15, 0.2) is 29.7 Å². The number of imidazole rings is 1. The summed E-state index contributed by atoms with van der Waals surface area (Å²) in [5, 5.41) is 3.22. The van der Waals surface area contributed by atoms with E-state index in [-0.39, 0.29) is 11.1 Å². The quantitative estimate of drug-likeness (QED) is 0.861. The number of hydrogen-bond donors (Lipinski definition) is 1. The smallest absolute Gasteiger partial charge is 0.262 e. The van der Waals surface area contributed by atoms with E-state index >= 15 is 0 Å². The molecular weight excluding hydrogens is 304 g/mol. The molecule has 0 radical (unpaired) electrons. The molecule has 0 aromatic carbocycles. The van der Waals surface area contributed by atoms with Gasteiger partial charge in [-0.15, -0.1) is 0 Å². The summed E-state index contributed by atoms with van der Waals surface area (Å²) in [6.07, 6.45) is 4.87. The minimum atomic E-state index is -3.52. The van der Waals surface area contributed by atoms with Crippen molar-refractivity contribution in [2.45, 2.75) is 31.5 Å². The maximum atomic E-state index is 12.5. The summed E-state index contributed by atoms with van der Waals surface area (Å²) in [5.41, 5.74) is 0. The van der Waals surface area contributed by atoms with Crippen LogP contribution in [-0.4, -0.2) is 51.4 Å². The zero-order valence-corrected chi connectivity index (χ0v) is 13.3. The summed E-state index contributed by atoms with van der Waals surface area (Å²) in [4.78, 5) is 12.3. The third-order valence-electron chi connectivity index (χ3n) is 3.65. The second-order valence-corrected chi connectivity index (χ2v) is 7.03. The lowest BCUT2D eigenvalue weighted by Gasteiger charge is -2.37. The van der Waals surface area contributed by atoms with Gasteiger partial charge in [-0.3, -0.25) is 0 Å². The molecule has 0 saturated carbocycles. The van der Waals surface area contributed by atoms with E-state index in [1.54, 1.807) is 31.6 Å². The third kappa shape index (κ3) is 2.69. The minimum absolute atomic E-state index is 0.0199. The molecule has 0 aliphatic carbocycles. The lowest BCUT2D eigenvalue weighted by atomic mass is 10.2. The summed E-state index contributed by atoms with van der Waals surface area (Å²) in [7, 11) is -3.52. The second-order valence-electron chi connectivity index (χ2n) is 5.15. The predicted molar refractivity (Wildman–Crippen MR) is 80.8 cm³/mol.